The zero-order valence-electron chi connectivity index (χ0n) is 14.8. The van der Waals surface area contributed by atoms with Crippen molar-refractivity contribution in [2.45, 2.75) is 30.5 Å². The minimum Gasteiger partial charge on any atom is -0.489 e. The van der Waals surface area contributed by atoms with Crippen LogP contribution in [0.15, 0.2) is 41.4 Å². The number of ether oxygens (including phenoxy) is 1. The van der Waals surface area contributed by atoms with Crippen LogP contribution in [-0.2, 0) is 0 Å². The van der Waals surface area contributed by atoms with Crippen molar-refractivity contribution in [1.29, 1.82) is 0 Å². The fourth-order valence-electron chi connectivity index (χ4n) is 1.98. The van der Waals surface area contributed by atoms with Gasteiger partial charge in [0, 0.05) is 17.8 Å². The molecule has 1 heterocycles. The molecule has 142 valence electrons. The van der Waals surface area contributed by atoms with Gasteiger partial charge in [0.05, 0.1) is 5.02 Å². The number of rotatable bonds is 10. The zero-order chi connectivity index (χ0) is 19.0. The van der Waals surface area contributed by atoms with Gasteiger partial charge in [0.2, 0.25) is 0 Å². The Morgan fingerprint density at radius 1 is 1.27 bits per heavy atom. The summed E-state index contributed by atoms with van der Waals surface area (Å²) >= 11 is 7.60. The minimum atomic E-state index is -0.648. The molecule has 0 spiro atoms. The van der Waals surface area contributed by atoms with Crippen LogP contribution in [0.1, 0.15) is 13.8 Å². The predicted molar refractivity (Wildman–Crippen MR) is 106 cm³/mol. The van der Waals surface area contributed by atoms with Gasteiger partial charge in [-0.1, -0.05) is 23.7 Å². The van der Waals surface area contributed by atoms with Crippen LogP contribution in [0.25, 0.3) is 0 Å². The van der Waals surface area contributed by atoms with E-state index in [1.807, 2.05) is 18.2 Å². The lowest BCUT2D eigenvalue weighted by molar-refractivity contribution is 0.100. The van der Waals surface area contributed by atoms with Gasteiger partial charge in [0.25, 0.3) is 0 Å². The van der Waals surface area contributed by atoms with Crippen LogP contribution in [0.3, 0.4) is 0 Å². The monoisotopic (exact) mass is 397 g/mol. The lowest BCUT2D eigenvalue weighted by Gasteiger charge is -2.27. The molecule has 0 radical (unpaired) electrons. The highest BCUT2D eigenvalue weighted by Crippen LogP contribution is 2.23. The molecule has 0 aliphatic rings. The number of aromatic nitrogens is 2. The maximum Gasteiger partial charge on any atom is 0.162 e. The van der Waals surface area contributed by atoms with Gasteiger partial charge < -0.3 is 20.6 Å². The number of halogens is 1. The highest BCUT2D eigenvalue weighted by Gasteiger charge is 2.20. The Hall–Kier alpha value is -1.58. The molecule has 1 aromatic heterocycles. The first-order chi connectivity index (χ1) is 12.4. The summed E-state index contributed by atoms with van der Waals surface area (Å²) in [5.74, 6) is 7.12. The third-order valence-electron chi connectivity index (χ3n) is 3.45. The van der Waals surface area contributed by atoms with E-state index >= 15 is 0 Å². The van der Waals surface area contributed by atoms with Gasteiger partial charge in [-0.15, -0.1) is 22.0 Å². The second-order valence-corrected chi connectivity index (χ2v) is 7.75. The number of hydrogen-bond acceptors (Lipinski definition) is 8. The number of nitrogens with zero attached hydrogens (tertiary/aromatic N) is 2. The third-order valence-corrected chi connectivity index (χ3v) is 5.14. The van der Waals surface area contributed by atoms with Crippen molar-refractivity contribution in [3.63, 3.8) is 0 Å². The second kappa shape index (κ2) is 9.94. The smallest absolute Gasteiger partial charge is 0.162 e. The summed E-state index contributed by atoms with van der Waals surface area (Å²) in [4.78, 5) is 0. The van der Waals surface area contributed by atoms with Crippen LogP contribution >= 0.6 is 23.4 Å². The number of aliphatic hydroxyl groups is 1. The number of β-amino-alcohol motifs (C(OH)–C–C–N with tert-alkyl or cyclic N) is 1. The first-order valence-electron chi connectivity index (χ1n) is 8.13. The summed E-state index contributed by atoms with van der Waals surface area (Å²) in [6.07, 6.45) is -0.648. The molecule has 0 fully saturated rings. The molecule has 0 bridgehead atoms. The van der Waals surface area contributed by atoms with Crippen molar-refractivity contribution >= 4 is 29.2 Å². The normalized spacial score (nSPS) is 12.7. The summed E-state index contributed by atoms with van der Waals surface area (Å²) in [7, 11) is 0. The Bertz CT molecular complexity index is 687. The number of benzene rings is 1. The van der Waals surface area contributed by atoms with E-state index in [9.17, 15) is 5.11 Å². The average molecular weight is 398 g/mol. The van der Waals surface area contributed by atoms with E-state index in [0.29, 0.717) is 23.1 Å². The summed E-state index contributed by atoms with van der Waals surface area (Å²) in [5, 5.41) is 22.8. The molecule has 1 unspecified atom stereocenters. The minimum absolute atomic E-state index is 0.166. The number of nitrogens with one attached hydrogen (secondary N) is 2. The molecule has 2 aromatic rings. The number of nitrogen functional groups attached to an aromatic ring is 1. The molecule has 0 aliphatic heterocycles. The van der Waals surface area contributed by atoms with Gasteiger partial charge >= 0.3 is 0 Å². The van der Waals surface area contributed by atoms with E-state index < -0.39 is 6.10 Å². The summed E-state index contributed by atoms with van der Waals surface area (Å²) in [6, 6.07) is 10.8. The molecule has 2 rings (SSSR count). The highest BCUT2D eigenvalue weighted by atomic mass is 35.5. The lowest BCUT2D eigenvalue weighted by Crippen LogP contribution is -2.46. The molecule has 0 aliphatic carbocycles. The van der Waals surface area contributed by atoms with Gasteiger partial charge in [0.1, 0.15) is 23.5 Å². The van der Waals surface area contributed by atoms with Gasteiger partial charge in [-0.05, 0) is 38.1 Å². The first-order valence-corrected chi connectivity index (χ1v) is 9.49. The molecular formula is C17H24ClN5O2S. The molecule has 0 amide bonds. The van der Waals surface area contributed by atoms with Crippen molar-refractivity contribution in [2.75, 3.05) is 24.3 Å². The van der Waals surface area contributed by atoms with E-state index in [-0.39, 0.29) is 12.1 Å². The fourth-order valence-corrected chi connectivity index (χ4v) is 3.04. The topological polar surface area (TPSA) is 105 Å². The van der Waals surface area contributed by atoms with Crippen LogP contribution in [0.4, 0.5) is 5.82 Å². The van der Waals surface area contributed by atoms with Gasteiger partial charge in [-0.25, -0.2) is 5.84 Å². The van der Waals surface area contributed by atoms with Crippen molar-refractivity contribution in [1.82, 2.24) is 15.5 Å². The molecule has 1 aromatic carbocycles. The second-order valence-electron chi connectivity index (χ2n) is 6.35. The SMILES string of the molecule is CC(C)(CSc1ccc(NN)nn1)NCC(O)COc1ccccc1Cl. The maximum absolute atomic E-state index is 10.1. The van der Waals surface area contributed by atoms with Crippen molar-refractivity contribution in [2.24, 2.45) is 5.84 Å². The average Bonchev–Trinajstić information content (AvgIpc) is 2.65. The Morgan fingerprint density at radius 2 is 2.04 bits per heavy atom. The van der Waals surface area contributed by atoms with Crippen LogP contribution in [-0.4, -0.2) is 45.9 Å². The largest absolute Gasteiger partial charge is 0.489 e. The van der Waals surface area contributed by atoms with Gasteiger partial charge in [0.15, 0.2) is 5.82 Å². The lowest BCUT2D eigenvalue weighted by atomic mass is 10.1. The summed E-state index contributed by atoms with van der Waals surface area (Å²) in [5.41, 5.74) is 2.24. The molecule has 9 heteroatoms. The number of hydrazine groups is 1. The Morgan fingerprint density at radius 3 is 2.69 bits per heavy atom. The molecule has 7 nitrogen and oxygen atoms in total. The number of para-hydroxylation sites is 1. The number of anilines is 1. The number of hydrogen-bond donors (Lipinski definition) is 4. The van der Waals surface area contributed by atoms with E-state index in [4.69, 9.17) is 22.2 Å². The van der Waals surface area contributed by atoms with Crippen LogP contribution in [0.5, 0.6) is 5.75 Å². The third kappa shape index (κ3) is 6.97. The molecule has 0 saturated heterocycles. The summed E-state index contributed by atoms with van der Waals surface area (Å²) in [6.45, 7) is 4.69. The summed E-state index contributed by atoms with van der Waals surface area (Å²) < 4.78 is 5.55. The van der Waals surface area contributed by atoms with Crippen molar-refractivity contribution in [3.05, 3.63) is 41.4 Å². The van der Waals surface area contributed by atoms with Crippen molar-refractivity contribution in [3.8, 4) is 5.75 Å². The van der Waals surface area contributed by atoms with Crippen LogP contribution in [0.2, 0.25) is 5.02 Å². The quantitative estimate of drug-likeness (QED) is 0.275. The van der Waals surface area contributed by atoms with E-state index in [1.54, 1.807) is 30.0 Å². The standard InChI is InChI=1S/C17H24ClN5O2S/c1-17(2,11-26-16-8-7-15(21-19)22-23-16)20-9-12(24)10-25-14-6-4-3-5-13(14)18/h3-8,12,20,24H,9-11,19H2,1-2H3,(H,21,22). The first kappa shape index (κ1) is 20.7. The van der Waals surface area contributed by atoms with Gasteiger partial charge in [-0.3, -0.25) is 0 Å². The number of thioether (sulfide) groups is 1. The number of nitrogens with two attached hydrogens (primary N) is 1. The van der Waals surface area contributed by atoms with Gasteiger partial charge in [-0.2, -0.15) is 0 Å². The number of aliphatic hydroxyl groups excluding tert-OH is 1. The van der Waals surface area contributed by atoms with Crippen molar-refractivity contribution < 1.29 is 9.84 Å². The fraction of sp³-hybridized carbons (Fsp3) is 0.412. The Balaban J connectivity index is 1.72. The molecule has 5 N–H and O–H groups in total. The Labute approximate surface area is 162 Å². The molecule has 26 heavy (non-hydrogen) atoms. The van der Waals surface area contributed by atoms with E-state index in [1.165, 1.54) is 0 Å². The van der Waals surface area contributed by atoms with Crippen LogP contribution < -0.4 is 21.3 Å². The van der Waals surface area contributed by atoms with E-state index in [0.717, 1.165) is 10.8 Å². The maximum atomic E-state index is 10.1. The molecular weight excluding hydrogens is 374 g/mol. The Kier molecular flexibility index (Phi) is 7.92. The molecule has 1 atom stereocenters. The molecule has 0 saturated carbocycles. The van der Waals surface area contributed by atoms with E-state index in [2.05, 4.69) is 34.8 Å². The highest BCUT2D eigenvalue weighted by molar-refractivity contribution is 7.99. The predicted octanol–water partition coefficient (Wildman–Crippen LogP) is 2.32. The zero-order valence-corrected chi connectivity index (χ0v) is 16.3. The van der Waals surface area contributed by atoms with Crippen LogP contribution in [0, 0.1) is 0 Å².